The third-order valence-corrected chi connectivity index (χ3v) is 3.89. The van der Waals surface area contributed by atoms with Crippen molar-refractivity contribution in [2.75, 3.05) is 5.32 Å². The minimum Gasteiger partial charge on any atom is -0.316 e. The second kappa shape index (κ2) is 6.13. The lowest BCUT2D eigenvalue weighted by Crippen LogP contribution is -2.06. The van der Waals surface area contributed by atoms with Gasteiger partial charge in [0.15, 0.2) is 0 Å². The van der Waals surface area contributed by atoms with Crippen molar-refractivity contribution in [2.24, 2.45) is 0 Å². The Balaban J connectivity index is 2.08. The van der Waals surface area contributed by atoms with E-state index in [1.165, 1.54) is 11.8 Å². The van der Waals surface area contributed by atoms with Crippen molar-refractivity contribution in [1.82, 2.24) is 0 Å². The highest BCUT2D eigenvalue weighted by molar-refractivity contribution is 8.13. The molecule has 0 bridgehead atoms. The highest BCUT2D eigenvalue weighted by atomic mass is 35.5. The van der Waals surface area contributed by atoms with Crippen molar-refractivity contribution in [3.8, 4) is 0 Å². The van der Waals surface area contributed by atoms with Gasteiger partial charge in [0.2, 0.25) is 0 Å². The molecule has 0 fully saturated rings. The highest BCUT2D eigenvalue weighted by Crippen LogP contribution is 2.26. The summed E-state index contributed by atoms with van der Waals surface area (Å²) in [4.78, 5) is 12.9. The predicted octanol–water partition coefficient (Wildman–Crippen LogP) is 5.28. The fourth-order valence-electron chi connectivity index (χ4n) is 1.66. The van der Waals surface area contributed by atoms with E-state index in [1.807, 2.05) is 50.2 Å². The number of carbonyl (C=O) groups excluding carboxylic acids is 1. The number of benzene rings is 2. The molecule has 1 amide bonds. The van der Waals surface area contributed by atoms with E-state index >= 15 is 0 Å². The van der Waals surface area contributed by atoms with Gasteiger partial charge in [-0.1, -0.05) is 35.4 Å². The highest BCUT2D eigenvalue weighted by Gasteiger charge is 2.08. The lowest BCUT2D eigenvalue weighted by Gasteiger charge is -2.09. The molecule has 0 radical (unpaired) electrons. The number of rotatable bonds is 2. The SMILES string of the molecule is Cc1cccc(SC(=O)Nc2cccc(Cl)c2C)c1. The van der Waals surface area contributed by atoms with E-state index in [0.717, 1.165) is 21.7 Å². The Bertz CT molecular complexity index is 613. The van der Waals surface area contributed by atoms with Gasteiger partial charge >= 0.3 is 0 Å². The van der Waals surface area contributed by atoms with E-state index in [2.05, 4.69) is 5.32 Å². The Morgan fingerprint density at radius 1 is 1.16 bits per heavy atom. The van der Waals surface area contributed by atoms with Crippen LogP contribution in [-0.2, 0) is 0 Å². The molecule has 1 N–H and O–H groups in total. The van der Waals surface area contributed by atoms with Crippen LogP contribution in [-0.4, -0.2) is 5.24 Å². The summed E-state index contributed by atoms with van der Waals surface area (Å²) in [6, 6.07) is 13.3. The number of hydrogen-bond acceptors (Lipinski definition) is 2. The molecule has 0 saturated carbocycles. The van der Waals surface area contributed by atoms with Gasteiger partial charge < -0.3 is 5.32 Å². The lowest BCUT2D eigenvalue weighted by molar-refractivity contribution is 0.269. The smallest absolute Gasteiger partial charge is 0.288 e. The summed E-state index contributed by atoms with van der Waals surface area (Å²) >= 11 is 7.19. The summed E-state index contributed by atoms with van der Waals surface area (Å²) in [5.41, 5.74) is 2.76. The van der Waals surface area contributed by atoms with Crippen LogP contribution in [0.2, 0.25) is 5.02 Å². The van der Waals surface area contributed by atoms with E-state index < -0.39 is 0 Å². The monoisotopic (exact) mass is 291 g/mol. The number of anilines is 1. The van der Waals surface area contributed by atoms with Crippen LogP contribution in [0.15, 0.2) is 47.4 Å². The summed E-state index contributed by atoms with van der Waals surface area (Å²) in [6.07, 6.45) is 0. The van der Waals surface area contributed by atoms with Gasteiger partial charge in [-0.25, -0.2) is 0 Å². The Morgan fingerprint density at radius 2 is 1.89 bits per heavy atom. The van der Waals surface area contributed by atoms with E-state index in [4.69, 9.17) is 11.6 Å². The molecule has 2 rings (SSSR count). The molecule has 19 heavy (non-hydrogen) atoms. The molecular weight excluding hydrogens is 278 g/mol. The fraction of sp³-hybridized carbons (Fsp3) is 0.133. The minimum absolute atomic E-state index is 0.115. The van der Waals surface area contributed by atoms with Gasteiger partial charge in [-0.2, -0.15) is 0 Å². The van der Waals surface area contributed by atoms with Crippen LogP contribution < -0.4 is 5.32 Å². The van der Waals surface area contributed by atoms with E-state index in [1.54, 1.807) is 6.07 Å². The van der Waals surface area contributed by atoms with Gasteiger partial charge in [0, 0.05) is 15.6 Å². The summed E-state index contributed by atoms with van der Waals surface area (Å²) in [5.74, 6) is 0. The number of hydrogen-bond donors (Lipinski definition) is 1. The molecule has 0 aliphatic heterocycles. The van der Waals surface area contributed by atoms with Gasteiger partial charge in [0.1, 0.15) is 0 Å². The maximum Gasteiger partial charge on any atom is 0.288 e. The third-order valence-electron chi connectivity index (χ3n) is 2.70. The molecular formula is C15H14ClNOS. The second-order valence-corrected chi connectivity index (χ2v) is 5.70. The van der Waals surface area contributed by atoms with Crippen LogP contribution in [0.3, 0.4) is 0 Å². The number of aryl methyl sites for hydroxylation is 1. The van der Waals surface area contributed by atoms with Crippen LogP contribution in [0.1, 0.15) is 11.1 Å². The maximum atomic E-state index is 12.0. The zero-order chi connectivity index (χ0) is 13.8. The van der Waals surface area contributed by atoms with Crippen LogP contribution >= 0.6 is 23.4 Å². The normalized spacial score (nSPS) is 10.3. The summed E-state index contributed by atoms with van der Waals surface area (Å²) in [5, 5.41) is 3.39. The van der Waals surface area contributed by atoms with E-state index in [9.17, 15) is 4.79 Å². The molecule has 0 unspecified atom stereocenters. The van der Waals surface area contributed by atoms with Crippen molar-refractivity contribution in [3.63, 3.8) is 0 Å². The maximum absolute atomic E-state index is 12.0. The molecule has 0 aromatic heterocycles. The fourth-order valence-corrected chi connectivity index (χ4v) is 2.61. The first-order valence-corrected chi connectivity index (χ1v) is 7.06. The standard InChI is InChI=1S/C15H14ClNOS/c1-10-5-3-6-12(9-10)19-15(18)17-14-8-4-7-13(16)11(14)2/h3-9H,1-2H3,(H,17,18). The van der Waals surface area contributed by atoms with Gasteiger partial charge in [0.25, 0.3) is 5.24 Å². The van der Waals surface area contributed by atoms with Crippen molar-refractivity contribution in [2.45, 2.75) is 18.7 Å². The lowest BCUT2D eigenvalue weighted by atomic mass is 10.2. The van der Waals surface area contributed by atoms with E-state index in [0.29, 0.717) is 5.02 Å². The first kappa shape index (κ1) is 14.0. The molecule has 4 heteroatoms. The number of carbonyl (C=O) groups is 1. The van der Waals surface area contributed by atoms with Gasteiger partial charge in [-0.05, 0) is 55.4 Å². The number of thioether (sulfide) groups is 1. The molecule has 0 atom stereocenters. The van der Waals surface area contributed by atoms with Gasteiger partial charge in [-0.15, -0.1) is 0 Å². The molecule has 0 aliphatic rings. The van der Waals surface area contributed by atoms with Crippen LogP contribution in [0.5, 0.6) is 0 Å². The molecule has 0 spiro atoms. The Morgan fingerprint density at radius 3 is 2.63 bits per heavy atom. The Hall–Kier alpha value is -1.45. The average Bonchev–Trinajstić information content (AvgIpc) is 2.35. The van der Waals surface area contributed by atoms with Crippen molar-refractivity contribution < 1.29 is 4.79 Å². The molecule has 2 aromatic carbocycles. The average molecular weight is 292 g/mol. The topological polar surface area (TPSA) is 29.1 Å². The minimum atomic E-state index is -0.115. The summed E-state index contributed by atoms with van der Waals surface area (Å²) in [6.45, 7) is 3.89. The van der Waals surface area contributed by atoms with Crippen LogP contribution in [0, 0.1) is 13.8 Å². The first-order chi connectivity index (χ1) is 9.06. The second-order valence-electron chi connectivity index (χ2n) is 4.24. The molecule has 2 aromatic rings. The van der Waals surface area contributed by atoms with Crippen LogP contribution in [0.25, 0.3) is 0 Å². The van der Waals surface area contributed by atoms with Crippen molar-refractivity contribution in [1.29, 1.82) is 0 Å². The zero-order valence-corrected chi connectivity index (χ0v) is 12.3. The Kier molecular flexibility index (Phi) is 4.51. The van der Waals surface area contributed by atoms with E-state index in [-0.39, 0.29) is 5.24 Å². The molecule has 98 valence electrons. The van der Waals surface area contributed by atoms with Gasteiger partial charge in [-0.3, -0.25) is 4.79 Å². The van der Waals surface area contributed by atoms with Crippen molar-refractivity contribution in [3.05, 3.63) is 58.6 Å². The molecule has 0 saturated heterocycles. The third kappa shape index (κ3) is 3.75. The molecule has 2 nitrogen and oxygen atoms in total. The van der Waals surface area contributed by atoms with Crippen molar-refractivity contribution >= 4 is 34.3 Å². The number of amides is 1. The quantitative estimate of drug-likeness (QED) is 0.763. The predicted molar refractivity (Wildman–Crippen MR) is 82.2 cm³/mol. The molecule has 0 aliphatic carbocycles. The Labute approximate surface area is 122 Å². The summed E-state index contributed by atoms with van der Waals surface area (Å²) in [7, 11) is 0. The zero-order valence-electron chi connectivity index (χ0n) is 10.7. The molecule has 0 heterocycles. The number of nitrogens with one attached hydrogen (secondary N) is 1. The largest absolute Gasteiger partial charge is 0.316 e. The van der Waals surface area contributed by atoms with Crippen LogP contribution in [0.4, 0.5) is 10.5 Å². The first-order valence-electron chi connectivity index (χ1n) is 5.87. The summed E-state index contributed by atoms with van der Waals surface area (Å²) < 4.78 is 0. The number of halogens is 1. The van der Waals surface area contributed by atoms with Gasteiger partial charge in [0.05, 0.1) is 0 Å².